The van der Waals surface area contributed by atoms with Crippen molar-refractivity contribution in [3.05, 3.63) is 23.8 Å². The quantitative estimate of drug-likeness (QED) is 0.810. The van der Waals surface area contributed by atoms with E-state index in [-0.39, 0.29) is 12.7 Å². The van der Waals surface area contributed by atoms with E-state index in [9.17, 15) is 5.11 Å². The molecule has 1 fully saturated rings. The van der Waals surface area contributed by atoms with Gasteiger partial charge in [-0.1, -0.05) is 27.2 Å². The highest BCUT2D eigenvalue weighted by atomic mass is 16.5. The summed E-state index contributed by atoms with van der Waals surface area (Å²) in [6, 6.07) is 5.46. The first-order chi connectivity index (χ1) is 11.5. The first kappa shape index (κ1) is 19.1. The smallest absolute Gasteiger partial charge is 0.125 e. The summed E-state index contributed by atoms with van der Waals surface area (Å²) in [5.41, 5.74) is 0.710. The summed E-state index contributed by atoms with van der Waals surface area (Å²) < 4.78 is 16.8. The molecule has 1 aromatic rings. The first-order valence-corrected chi connectivity index (χ1v) is 8.97. The van der Waals surface area contributed by atoms with Crippen LogP contribution in [0.2, 0.25) is 0 Å². The standard InChI is InChI=1S/C20H32O4/c1-13(2)16-8-6-14(3)10-20(16)24-12-18(21)17-11-15(22-4)7-9-19(17)23-5/h7,9,11,13-14,16,18,20-21H,6,8,10,12H2,1-5H3/t14-,16+,18?,20-/m1/s1. The average Bonchev–Trinajstić information content (AvgIpc) is 2.58. The van der Waals surface area contributed by atoms with Crippen LogP contribution in [0, 0.1) is 17.8 Å². The molecule has 0 saturated heterocycles. The summed E-state index contributed by atoms with van der Waals surface area (Å²) in [7, 11) is 3.22. The van der Waals surface area contributed by atoms with Crippen LogP contribution in [0.4, 0.5) is 0 Å². The van der Waals surface area contributed by atoms with E-state index in [1.54, 1.807) is 14.2 Å². The van der Waals surface area contributed by atoms with E-state index in [1.807, 2.05) is 18.2 Å². The van der Waals surface area contributed by atoms with Gasteiger partial charge in [-0.3, -0.25) is 0 Å². The van der Waals surface area contributed by atoms with E-state index < -0.39 is 6.10 Å². The van der Waals surface area contributed by atoms with Gasteiger partial charge in [-0.05, 0) is 48.8 Å². The zero-order valence-electron chi connectivity index (χ0n) is 15.6. The van der Waals surface area contributed by atoms with Crippen LogP contribution < -0.4 is 9.47 Å². The Bertz CT molecular complexity index is 514. The molecular formula is C20H32O4. The summed E-state index contributed by atoms with van der Waals surface area (Å²) in [6.07, 6.45) is 3.06. The molecule has 0 radical (unpaired) electrons. The Kier molecular flexibility index (Phi) is 6.93. The molecule has 1 aromatic carbocycles. The molecule has 1 saturated carbocycles. The minimum Gasteiger partial charge on any atom is -0.497 e. The maximum Gasteiger partial charge on any atom is 0.125 e. The molecule has 1 unspecified atom stereocenters. The van der Waals surface area contributed by atoms with Crippen molar-refractivity contribution in [3.63, 3.8) is 0 Å². The van der Waals surface area contributed by atoms with Crippen LogP contribution in [0.25, 0.3) is 0 Å². The molecular weight excluding hydrogens is 304 g/mol. The van der Waals surface area contributed by atoms with Crippen molar-refractivity contribution in [3.8, 4) is 11.5 Å². The van der Waals surface area contributed by atoms with E-state index in [4.69, 9.17) is 14.2 Å². The molecule has 24 heavy (non-hydrogen) atoms. The van der Waals surface area contributed by atoms with Crippen LogP contribution in [0.3, 0.4) is 0 Å². The highest BCUT2D eigenvalue weighted by molar-refractivity contribution is 5.41. The molecule has 1 aliphatic carbocycles. The van der Waals surface area contributed by atoms with Gasteiger partial charge in [0.2, 0.25) is 0 Å². The van der Waals surface area contributed by atoms with E-state index in [0.29, 0.717) is 34.8 Å². The lowest BCUT2D eigenvalue weighted by molar-refractivity contribution is -0.0700. The summed E-state index contributed by atoms with van der Waals surface area (Å²) in [4.78, 5) is 0. The second kappa shape index (κ2) is 8.72. The van der Waals surface area contributed by atoms with Crippen LogP contribution in [0.1, 0.15) is 51.7 Å². The molecule has 1 aliphatic rings. The Morgan fingerprint density at radius 1 is 1.17 bits per heavy atom. The third-order valence-electron chi connectivity index (χ3n) is 5.23. The molecule has 0 aliphatic heterocycles. The van der Waals surface area contributed by atoms with Gasteiger partial charge in [0.15, 0.2) is 0 Å². The fraction of sp³-hybridized carbons (Fsp3) is 0.700. The maximum absolute atomic E-state index is 10.6. The van der Waals surface area contributed by atoms with Crippen LogP contribution in [0.5, 0.6) is 11.5 Å². The first-order valence-electron chi connectivity index (χ1n) is 8.97. The number of hydrogen-bond acceptors (Lipinski definition) is 4. The molecule has 4 heteroatoms. The zero-order chi connectivity index (χ0) is 17.7. The predicted molar refractivity (Wildman–Crippen MR) is 95.6 cm³/mol. The lowest BCUT2D eigenvalue weighted by atomic mass is 9.75. The summed E-state index contributed by atoms with van der Waals surface area (Å²) >= 11 is 0. The van der Waals surface area contributed by atoms with Gasteiger partial charge in [0, 0.05) is 5.56 Å². The van der Waals surface area contributed by atoms with Crippen LogP contribution in [-0.2, 0) is 4.74 Å². The fourth-order valence-electron chi connectivity index (χ4n) is 3.71. The van der Waals surface area contributed by atoms with Crippen molar-refractivity contribution >= 4 is 0 Å². The monoisotopic (exact) mass is 336 g/mol. The van der Waals surface area contributed by atoms with Gasteiger partial charge in [0.05, 0.1) is 26.9 Å². The van der Waals surface area contributed by atoms with E-state index in [1.165, 1.54) is 12.8 Å². The number of methoxy groups -OCH3 is 2. The number of benzene rings is 1. The fourth-order valence-corrected chi connectivity index (χ4v) is 3.71. The second-order valence-corrected chi connectivity index (χ2v) is 7.32. The molecule has 0 amide bonds. The molecule has 0 heterocycles. The van der Waals surface area contributed by atoms with Crippen molar-refractivity contribution in [1.82, 2.24) is 0 Å². The van der Waals surface area contributed by atoms with Gasteiger partial charge in [-0.2, -0.15) is 0 Å². The molecule has 4 nitrogen and oxygen atoms in total. The SMILES string of the molecule is COc1ccc(OC)c(C(O)CO[C@@H]2C[C@H](C)CC[C@H]2C(C)C)c1. The summed E-state index contributed by atoms with van der Waals surface area (Å²) in [6.45, 7) is 7.09. The lowest BCUT2D eigenvalue weighted by Crippen LogP contribution is -2.35. The van der Waals surface area contributed by atoms with E-state index in [2.05, 4.69) is 20.8 Å². The summed E-state index contributed by atoms with van der Waals surface area (Å²) in [5.74, 6) is 3.22. The normalized spacial score (nSPS) is 25.5. The Balaban J connectivity index is 2.04. The van der Waals surface area contributed by atoms with Crippen molar-refractivity contribution in [2.45, 2.75) is 52.2 Å². The van der Waals surface area contributed by atoms with Crippen LogP contribution in [-0.4, -0.2) is 32.0 Å². The molecule has 4 atom stereocenters. The van der Waals surface area contributed by atoms with Crippen LogP contribution in [0.15, 0.2) is 18.2 Å². The highest BCUT2D eigenvalue weighted by Gasteiger charge is 2.32. The van der Waals surface area contributed by atoms with E-state index >= 15 is 0 Å². The number of aliphatic hydroxyl groups excluding tert-OH is 1. The minimum absolute atomic E-state index is 0.222. The molecule has 0 spiro atoms. The van der Waals surface area contributed by atoms with Gasteiger partial charge in [0.25, 0.3) is 0 Å². The van der Waals surface area contributed by atoms with Crippen LogP contribution >= 0.6 is 0 Å². The Hall–Kier alpha value is -1.26. The molecule has 0 bridgehead atoms. The average molecular weight is 336 g/mol. The predicted octanol–water partition coefficient (Wildman–Crippen LogP) is 4.21. The maximum atomic E-state index is 10.6. The topological polar surface area (TPSA) is 47.9 Å². The van der Waals surface area contributed by atoms with Gasteiger partial charge in [-0.15, -0.1) is 0 Å². The molecule has 2 rings (SSSR count). The second-order valence-electron chi connectivity index (χ2n) is 7.32. The highest BCUT2D eigenvalue weighted by Crippen LogP contribution is 2.36. The van der Waals surface area contributed by atoms with Gasteiger partial charge in [0.1, 0.15) is 17.6 Å². The van der Waals surface area contributed by atoms with Gasteiger partial charge < -0.3 is 19.3 Å². The molecule has 1 N–H and O–H groups in total. The Morgan fingerprint density at radius 3 is 2.54 bits per heavy atom. The minimum atomic E-state index is -0.722. The van der Waals surface area contributed by atoms with Crippen molar-refractivity contribution in [2.24, 2.45) is 17.8 Å². The van der Waals surface area contributed by atoms with Crippen molar-refractivity contribution < 1.29 is 19.3 Å². The summed E-state index contributed by atoms with van der Waals surface area (Å²) in [5, 5.41) is 10.6. The Labute approximate surface area is 146 Å². The third-order valence-corrected chi connectivity index (χ3v) is 5.23. The number of rotatable bonds is 7. The Morgan fingerprint density at radius 2 is 1.92 bits per heavy atom. The zero-order valence-corrected chi connectivity index (χ0v) is 15.6. The van der Waals surface area contributed by atoms with E-state index in [0.717, 1.165) is 6.42 Å². The lowest BCUT2D eigenvalue weighted by Gasteiger charge is -2.37. The third kappa shape index (κ3) is 4.64. The van der Waals surface area contributed by atoms with Crippen molar-refractivity contribution in [2.75, 3.05) is 20.8 Å². The number of aliphatic hydroxyl groups is 1. The number of ether oxygens (including phenoxy) is 3. The number of hydrogen-bond donors (Lipinski definition) is 1. The van der Waals surface area contributed by atoms with Gasteiger partial charge >= 0.3 is 0 Å². The van der Waals surface area contributed by atoms with Crippen molar-refractivity contribution in [1.29, 1.82) is 0 Å². The molecule has 136 valence electrons. The largest absolute Gasteiger partial charge is 0.497 e. The van der Waals surface area contributed by atoms with Gasteiger partial charge in [-0.25, -0.2) is 0 Å². The molecule has 0 aromatic heterocycles.